The standard InChI is InChI=1S/C28H28ClN3O3S/c1-18(2)15-30-27(35)23-5-3-4-6-24(23)31-26(34)20-9-11-21(12-10-20)28-32(25(33)17-36-28)16-19-7-13-22(29)14-8-19/h3-14,18,28H,15-17H2,1-2H3,(H,30,35)(H,31,34)/t28-/m1/s1. The number of para-hydroxylation sites is 1. The number of amides is 3. The van der Waals surface area contributed by atoms with Gasteiger partial charge in [0.2, 0.25) is 5.91 Å². The van der Waals surface area contributed by atoms with E-state index < -0.39 is 0 Å². The minimum atomic E-state index is -0.307. The summed E-state index contributed by atoms with van der Waals surface area (Å²) in [5.41, 5.74) is 3.30. The predicted molar refractivity (Wildman–Crippen MR) is 145 cm³/mol. The molecule has 3 amide bonds. The molecule has 0 aromatic heterocycles. The second kappa shape index (κ2) is 11.6. The van der Waals surface area contributed by atoms with E-state index in [0.717, 1.165) is 11.1 Å². The van der Waals surface area contributed by atoms with Crippen LogP contribution in [0.25, 0.3) is 0 Å². The summed E-state index contributed by atoms with van der Waals surface area (Å²) in [4.78, 5) is 39.9. The molecule has 0 unspecified atom stereocenters. The molecule has 6 nitrogen and oxygen atoms in total. The van der Waals surface area contributed by atoms with E-state index in [4.69, 9.17) is 11.6 Å². The Balaban J connectivity index is 1.45. The first-order chi connectivity index (χ1) is 17.3. The molecule has 1 atom stereocenters. The molecule has 0 radical (unpaired) electrons. The average Bonchev–Trinajstić information content (AvgIpc) is 3.24. The van der Waals surface area contributed by atoms with Gasteiger partial charge in [0, 0.05) is 23.7 Å². The molecule has 186 valence electrons. The van der Waals surface area contributed by atoms with Crippen molar-refractivity contribution in [3.8, 4) is 0 Å². The van der Waals surface area contributed by atoms with Crippen LogP contribution in [0.4, 0.5) is 5.69 Å². The Morgan fingerprint density at radius 3 is 2.39 bits per heavy atom. The molecule has 1 aliphatic rings. The Morgan fingerprint density at radius 1 is 1.00 bits per heavy atom. The number of carbonyl (C=O) groups is 3. The van der Waals surface area contributed by atoms with Crippen molar-refractivity contribution >= 4 is 46.8 Å². The van der Waals surface area contributed by atoms with Crippen LogP contribution >= 0.6 is 23.4 Å². The Labute approximate surface area is 220 Å². The Morgan fingerprint density at radius 2 is 1.69 bits per heavy atom. The van der Waals surface area contributed by atoms with Gasteiger partial charge in [0.1, 0.15) is 5.37 Å². The van der Waals surface area contributed by atoms with Crippen LogP contribution < -0.4 is 10.6 Å². The van der Waals surface area contributed by atoms with Gasteiger partial charge in [-0.05, 0) is 53.4 Å². The van der Waals surface area contributed by atoms with Crippen LogP contribution in [0.15, 0.2) is 72.8 Å². The Bertz CT molecular complexity index is 1250. The van der Waals surface area contributed by atoms with Crippen molar-refractivity contribution in [3.63, 3.8) is 0 Å². The van der Waals surface area contributed by atoms with Gasteiger partial charge in [0.25, 0.3) is 11.8 Å². The molecule has 0 spiro atoms. The molecule has 8 heteroatoms. The third-order valence-corrected chi connectivity index (χ3v) is 7.29. The third kappa shape index (κ3) is 6.28. The van der Waals surface area contributed by atoms with Gasteiger partial charge in [-0.1, -0.05) is 61.8 Å². The molecule has 0 saturated carbocycles. The molecule has 3 aromatic rings. The normalized spacial score (nSPS) is 15.3. The first-order valence-electron chi connectivity index (χ1n) is 11.8. The minimum absolute atomic E-state index is 0.0779. The van der Waals surface area contributed by atoms with Gasteiger partial charge in [-0.3, -0.25) is 14.4 Å². The Kier molecular flexibility index (Phi) is 8.33. The number of benzene rings is 3. The second-order valence-corrected chi connectivity index (χ2v) is 10.5. The van der Waals surface area contributed by atoms with Crippen LogP contribution in [0.5, 0.6) is 0 Å². The van der Waals surface area contributed by atoms with Crippen molar-refractivity contribution in [2.75, 3.05) is 17.6 Å². The van der Waals surface area contributed by atoms with E-state index in [9.17, 15) is 14.4 Å². The summed E-state index contributed by atoms with van der Waals surface area (Å²) >= 11 is 7.55. The van der Waals surface area contributed by atoms with Gasteiger partial charge in [0.15, 0.2) is 0 Å². The van der Waals surface area contributed by atoms with E-state index in [1.165, 1.54) is 0 Å². The van der Waals surface area contributed by atoms with Crippen LogP contribution in [-0.2, 0) is 11.3 Å². The molecule has 4 rings (SSSR count). The maximum absolute atomic E-state index is 12.9. The molecule has 36 heavy (non-hydrogen) atoms. The zero-order chi connectivity index (χ0) is 25.7. The van der Waals surface area contributed by atoms with Gasteiger partial charge in [-0.25, -0.2) is 0 Å². The van der Waals surface area contributed by atoms with Gasteiger partial charge >= 0.3 is 0 Å². The SMILES string of the molecule is CC(C)CNC(=O)c1ccccc1NC(=O)c1ccc([C@H]2SCC(=O)N2Cc2ccc(Cl)cc2)cc1. The number of hydrogen-bond acceptors (Lipinski definition) is 4. The summed E-state index contributed by atoms with van der Waals surface area (Å²) in [6.45, 7) is 5.09. The highest BCUT2D eigenvalue weighted by atomic mass is 35.5. The second-order valence-electron chi connectivity index (χ2n) is 9.04. The molecule has 2 N–H and O–H groups in total. The van der Waals surface area contributed by atoms with Crippen LogP contribution in [0, 0.1) is 5.92 Å². The highest BCUT2D eigenvalue weighted by Crippen LogP contribution is 2.39. The number of carbonyl (C=O) groups excluding carboxylic acids is 3. The fraction of sp³-hybridized carbons (Fsp3) is 0.250. The number of nitrogens with zero attached hydrogens (tertiary/aromatic N) is 1. The fourth-order valence-corrected chi connectivity index (χ4v) is 5.18. The van der Waals surface area contributed by atoms with E-state index in [0.29, 0.717) is 46.6 Å². The summed E-state index contributed by atoms with van der Waals surface area (Å²) in [5, 5.41) is 6.27. The number of anilines is 1. The number of nitrogens with one attached hydrogen (secondary N) is 2. The van der Waals surface area contributed by atoms with E-state index in [-0.39, 0.29) is 23.1 Å². The van der Waals surface area contributed by atoms with Crippen molar-refractivity contribution in [2.45, 2.75) is 25.8 Å². The summed E-state index contributed by atoms with van der Waals surface area (Å²) in [5.74, 6) is 0.284. The van der Waals surface area contributed by atoms with E-state index in [1.54, 1.807) is 48.2 Å². The van der Waals surface area contributed by atoms with Crippen molar-refractivity contribution in [2.24, 2.45) is 5.92 Å². The van der Waals surface area contributed by atoms with Crippen LogP contribution in [0.3, 0.4) is 0 Å². The number of rotatable bonds is 8. The maximum Gasteiger partial charge on any atom is 0.255 e. The maximum atomic E-state index is 12.9. The van der Waals surface area contributed by atoms with Gasteiger partial charge in [-0.15, -0.1) is 11.8 Å². The van der Waals surface area contributed by atoms with Crippen molar-refractivity contribution in [1.82, 2.24) is 10.2 Å². The minimum Gasteiger partial charge on any atom is -0.352 e. The van der Waals surface area contributed by atoms with Crippen molar-refractivity contribution in [3.05, 3.63) is 100 Å². The summed E-state index contributed by atoms with van der Waals surface area (Å²) in [6, 6.07) is 21.7. The van der Waals surface area contributed by atoms with Crippen LogP contribution in [0.1, 0.15) is 51.1 Å². The van der Waals surface area contributed by atoms with Gasteiger partial charge < -0.3 is 15.5 Å². The first kappa shape index (κ1) is 25.8. The average molecular weight is 522 g/mol. The molecule has 1 fully saturated rings. The highest BCUT2D eigenvalue weighted by molar-refractivity contribution is 8.00. The monoisotopic (exact) mass is 521 g/mol. The van der Waals surface area contributed by atoms with Crippen LogP contribution in [0.2, 0.25) is 5.02 Å². The molecule has 0 aliphatic carbocycles. The zero-order valence-corrected chi connectivity index (χ0v) is 21.7. The molecule has 1 heterocycles. The van der Waals surface area contributed by atoms with Crippen molar-refractivity contribution in [1.29, 1.82) is 0 Å². The van der Waals surface area contributed by atoms with E-state index in [1.807, 2.05) is 55.1 Å². The molecule has 1 aliphatic heterocycles. The topological polar surface area (TPSA) is 78.5 Å². The Hall–Kier alpha value is -3.29. The number of hydrogen-bond donors (Lipinski definition) is 2. The fourth-order valence-electron chi connectivity index (χ4n) is 3.86. The first-order valence-corrected chi connectivity index (χ1v) is 13.2. The number of thioether (sulfide) groups is 1. The third-order valence-electron chi connectivity index (χ3n) is 5.78. The lowest BCUT2D eigenvalue weighted by Gasteiger charge is -2.24. The molecule has 1 saturated heterocycles. The smallest absolute Gasteiger partial charge is 0.255 e. The molecule has 3 aromatic carbocycles. The van der Waals surface area contributed by atoms with Crippen molar-refractivity contribution < 1.29 is 14.4 Å². The lowest BCUT2D eigenvalue weighted by molar-refractivity contribution is -0.128. The largest absolute Gasteiger partial charge is 0.352 e. The van der Waals surface area contributed by atoms with E-state index >= 15 is 0 Å². The zero-order valence-electron chi connectivity index (χ0n) is 20.2. The molecular formula is C28H28ClN3O3S. The van der Waals surface area contributed by atoms with Crippen LogP contribution in [-0.4, -0.2) is 34.9 Å². The van der Waals surface area contributed by atoms with E-state index in [2.05, 4.69) is 10.6 Å². The van der Waals surface area contributed by atoms with Gasteiger partial charge in [-0.2, -0.15) is 0 Å². The lowest BCUT2D eigenvalue weighted by atomic mass is 10.1. The number of halogens is 1. The summed E-state index contributed by atoms with van der Waals surface area (Å²) in [7, 11) is 0. The highest BCUT2D eigenvalue weighted by Gasteiger charge is 2.32. The predicted octanol–water partition coefficient (Wildman–Crippen LogP) is 5.75. The van der Waals surface area contributed by atoms with Gasteiger partial charge in [0.05, 0.1) is 17.0 Å². The molecule has 0 bridgehead atoms. The summed E-state index contributed by atoms with van der Waals surface area (Å²) < 4.78 is 0. The summed E-state index contributed by atoms with van der Waals surface area (Å²) in [6.07, 6.45) is 0. The molecular weight excluding hydrogens is 494 g/mol. The lowest BCUT2D eigenvalue weighted by Crippen LogP contribution is -2.28. The quantitative estimate of drug-likeness (QED) is 0.395.